The Labute approximate surface area is 141 Å². The Kier molecular flexibility index (Phi) is 5.10. The van der Waals surface area contributed by atoms with E-state index in [1.807, 2.05) is 18.0 Å². The van der Waals surface area contributed by atoms with Crippen molar-refractivity contribution in [3.8, 4) is 0 Å². The first-order valence-electron chi connectivity index (χ1n) is 8.12. The molecule has 0 N–H and O–H groups in total. The van der Waals surface area contributed by atoms with E-state index in [4.69, 9.17) is 9.15 Å². The normalized spacial score (nSPS) is 17.8. The standard InChI is InChI=1S/C17H22N4O3/c1-3-20(2)15-6-7-18-17(19-15)14-12-23-10-8-21(14)16(22)11-13-5-4-9-24-13/h4-7,9,14H,3,8,10-12H2,1-2H3/t14-/m0/s1. The number of ether oxygens (including phenoxy) is 1. The van der Waals surface area contributed by atoms with Gasteiger partial charge in [0.1, 0.15) is 17.6 Å². The van der Waals surface area contributed by atoms with Crippen molar-refractivity contribution >= 4 is 11.7 Å². The molecule has 1 amide bonds. The van der Waals surface area contributed by atoms with Crippen molar-refractivity contribution < 1.29 is 13.9 Å². The van der Waals surface area contributed by atoms with Gasteiger partial charge in [-0.15, -0.1) is 0 Å². The molecule has 0 radical (unpaired) electrons. The topological polar surface area (TPSA) is 71.7 Å². The van der Waals surface area contributed by atoms with Crippen LogP contribution in [0.1, 0.15) is 24.6 Å². The molecule has 0 saturated carbocycles. The molecule has 0 bridgehead atoms. The van der Waals surface area contributed by atoms with Crippen LogP contribution in [-0.2, 0) is 16.0 Å². The number of morpholine rings is 1. The van der Waals surface area contributed by atoms with Gasteiger partial charge in [0, 0.05) is 26.3 Å². The molecule has 7 heteroatoms. The van der Waals surface area contributed by atoms with Crippen molar-refractivity contribution in [2.75, 3.05) is 38.3 Å². The van der Waals surface area contributed by atoms with Gasteiger partial charge >= 0.3 is 0 Å². The van der Waals surface area contributed by atoms with E-state index in [-0.39, 0.29) is 18.4 Å². The number of carbonyl (C=O) groups excluding carboxylic acids is 1. The van der Waals surface area contributed by atoms with E-state index in [9.17, 15) is 4.79 Å². The fourth-order valence-corrected chi connectivity index (χ4v) is 2.68. The Morgan fingerprint density at radius 3 is 3.08 bits per heavy atom. The zero-order valence-electron chi connectivity index (χ0n) is 14.0. The second-order valence-electron chi connectivity index (χ2n) is 5.72. The monoisotopic (exact) mass is 330 g/mol. The fourth-order valence-electron chi connectivity index (χ4n) is 2.68. The van der Waals surface area contributed by atoms with Crippen LogP contribution in [0, 0.1) is 0 Å². The van der Waals surface area contributed by atoms with E-state index in [0.29, 0.717) is 31.3 Å². The molecule has 0 aliphatic carbocycles. The second kappa shape index (κ2) is 7.44. The van der Waals surface area contributed by atoms with Crippen molar-refractivity contribution in [1.29, 1.82) is 0 Å². The summed E-state index contributed by atoms with van der Waals surface area (Å²) in [4.78, 5) is 25.5. The maximum absolute atomic E-state index is 12.7. The van der Waals surface area contributed by atoms with Gasteiger partial charge in [-0.3, -0.25) is 4.79 Å². The van der Waals surface area contributed by atoms with Crippen molar-refractivity contribution in [3.63, 3.8) is 0 Å². The van der Waals surface area contributed by atoms with Gasteiger partial charge in [0.15, 0.2) is 5.82 Å². The highest BCUT2D eigenvalue weighted by Crippen LogP contribution is 2.23. The number of hydrogen-bond acceptors (Lipinski definition) is 6. The van der Waals surface area contributed by atoms with Gasteiger partial charge in [-0.05, 0) is 25.1 Å². The van der Waals surface area contributed by atoms with Crippen molar-refractivity contribution in [2.24, 2.45) is 0 Å². The molecule has 1 atom stereocenters. The number of rotatable bonds is 5. The highest BCUT2D eigenvalue weighted by molar-refractivity contribution is 5.78. The number of hydrogen-bond donors (Lipinski definition) is 0. The first kappa shape index (κ1) is 16.4. The molecule has 1 fully saturated rings. The lowest BCUT2D eigenvalue weighted by atomic mass is 10.1. The Morgan fingerprint density at radius 2 is 2.33 bits per heavy atom. The molecular weight excluding hydrogens is 308 g/mol. The Morgan fingerprint density at radius 1 is 1.46 bits per heavy atom. The molecule has 1 aliphatic heterocycles. The van der Waals surface area contributed by atoms with Crippen LogP contribution in [0.2, 0.25) is 0 Å². The van der Waals surface area contributed by atoms with Crippen LogP contribution in [0.5, 0.6) is 0 Å². The SMILES string of the molecule is CCN(C)c1ccnc([C@@H]2COCCN2C(=O)Cc2ccco2)n1. The van der Waals surface area contributed by atoms with Crippen molar-refractivity contribution in [3.05, 3.63) is 42.2 Å². The molecule has 3 heterocycles. The van der Waals surface area contributed by atoms with Crippen LogP contribution in [0.4, 0.5) is 5.82 Å². The fraction of sp³-hybridized carbons (Fsp3) is 0.471. The number of furan rings is 1. The van der Waals surface area contributed by atoms with Gasteiger partial charge in [-0.2, -0.15) is 0 Å². The maximum Gasteiger partial charge on any atom is 0.230 e. The summed E-state index contributed by atoms with van der Waals surface area (Å²) in [6.07, 6.45) is 3.54. The number of aromatic nitrogens is 2. The minimum absolute atomic E-state index is 0.00361. The number of carbonyl (C=O) groups is 1. The van der Waals surface area contributed by atoms with Gasteiger partial charge in [-0.25, -0.2) is 9.97 Å². The predicted octanol–water partition coefficient (Wildman–Crippen LogP) is 1.67. The molecular formula is C17H22N4O3. The van der Waals surface area contributed by atoms with Gasteiger partial charge in [0.2, 0.25) is 5.91 Å². The number of amides is 1. The molecule has 1 aliphatic rings. The minimum Gasteiger partial charge on any atom is -0.469 e. The van der Waals surface area contributed by atoms with Crippen LogP contribution in [0.3, 0.4) is 0 Å². The average Bonchev–Trinajstić information content (AvgIpc) is 3.14. The van der Waals surface area contributed by atoms with Crippen LogP contribution in [0.15, 0.2) is 35.1 Å². The van der Waals surface area contributed by atoms with E-state index in [1.54, 1.807) is 29.5 Å². The average molecular weight is 330 g/mol. The zero-order chi connectivity index (χ0) is 16.9. The lowest BCUT2D eigenvalue weighted by Crippen LogP contribution is -2.44. The summed E-state index contributed by atoms with van der Waals surface area (Å²) in [7, 11) is 1.98. The van der Waals surface area contributed by atoms with Gasteiger partial charge in [0.25, 0.3) is 0 Å². The lowest BCUT2D eigenvalue weighted by Gasteiger charge is -2.34. The highest BCUT2D eigenvalue weighted by atomic mass is 16.5. The van der Waals surface area contributed by atoms with Crippen LogP contribution < -0.4 is 4.90 Å². The molecule has 1 saturated heterocycles. The molecule has 128 valence electrons. The molecule has 24 heavy (non-hydrogen) atoms. The quantitative estimate of drug-likeness (QED) is 0.830. The second-order valence-corrected chi connectivity index (χ2v) is 5.72. The zero-order valence-corrected chi connectivity index (χ0v) is 14.0. The molecule has 3 rings (SSSR count). The van der Waals surface area contributed by atoms with Gasteiger partial charge in [0.05, 0.1) is 25.9 Å². The number of nitrogens with zero attached hydrogens (tertiary/aromatic N) is 4. The van der Waals surface area contributed by atoms with Crippen molar-refractivity contribution in [2.45, 2.75) is 19.4 Å². The molecule has 0 spiro atoms. The summed E-state index contributed by atoms with van der Waals surface area (Å²) in [6.45, 7) is 4.36. The van der Waals surface area contributed by atoms with Crippen LogP contribution >= 0.6 is 0 Å². The van der Waals surface area contributed by atoms with E-state index in [2.05, 4.69) is 16.9 Å². The largest absolute Gasteiger partial charge is 0.469 e. The van der Waals surface area contributed by atoms with E-state index in [1.165, 1.54) is 0 Å². The summed E-state index contributed by atoms with van der Waals surface area (Å²) in [5.41, 5.74) is 0. The van der Waals surface area contributed by atoms with Gasteiger partial charge < -0.3 is 19.0 Å². The van der Waals surface area contributed by atoms with Crippen LogP contribution in [0.25, 0.3) is 0 Å². The Balaban J connectivity index is 1.80. The molecule has 2 aromatic rings. The summed E-state index contributed by atoms with van der Waals surface area (Å²) in [5, 5.41) is 0. The summed E-state index contributed by atoms with van der Waals surface area (Å²) in [6, 6.07) is 5.19. The maximum atomic E-state index is 12.7. The first-order chi connectivity index (χ1) is 11.7. The van der Waals surface area contributed by atoms with E-state index < -0.39 is 0 Å². The van der Waals surface area contributed by atoms with E-state index >= 15 is 0 Å². The Bertz CT molecular complexity index is 674. The molecule has 7 nitrogen and oxygen atoms in total. The lowest BCUT2D eigenvalue weighted by molar-refractivity contribution is -0.140. The molecule has 0 aromatic carbocycles. The van der Waals surface area contributed by atoms with Gasteiger partial charge in [-0.1, -0.05) is 0 Å². The summed E-state index contributed by atoms with van der Waals surface area (Å²) >= 11 is 0. The molecule has 2 aromatic heterocycles. The van der Waals surface area contributed by atoms with E-state index in [0.717, 1.165) is 12.4 Å². The van der Waals surface area contributed by atoms with Crippen LogP contribution in [-0.4, -0.2) is 54.1 Å². The summed E-state index contributed by atoms with van der Waals surface area (Å²) in [5.74, 6) is 2.11. The predicted molar refractivity (Wildman–Crippen MR) is 88.7 cm³/mol. The third-order valence-electron chi connectivity index (χ3n) is 4.18. The third kappa shape index (κ3) is 3.56. The Hall–Kier alpha value is -2.41. The number of anilines is 1. The van der Waals surface area contributed by atoms with Crippen molar-refractivity contribution in [1.82, 2.24) is 14.9 Å². The first-order valence-corrected chi connectivity index (χ1v) is 8.12. The summed E-state index contributed by atoms with van der Waals surface area (Å²) < 4.78 is 10.9. The molecule has 0 unspecified atom stereocenters. The highest BCUT2D eigenvalue weighted by Gasteiger charge is 2.31. The smallest absolute Gasteiger partial charge is 0.230 e. The minimum atomic E-state index is -0.272. The third-order valence-corrected chi connectivity index (χ3v) is 4.18.